The summed E-state index contributed by atoms with van der Waals surface area (Å²) in [6.45, 7) is 2.75. The van der Waals surface area contributed by atoms with Crippen molar-refractivity contribution < 1.29 is 19.2 Å². The number of anilines is 1. The summed E-state index contributed by atoms with van der Waals surface area (Å²) >= 11 is 1.43. The highest BCUT2D eigenvalue weighted by atomic mass is 32.2. The highest BCUT2D eigenvalue weighted by Gasteiger charge is 2.21. The molecule has 4 rings (SSSR count). The molecular formula is C27H29N3O5S. The van der Waals surface area contributed by atoms with Crippen molar-refractivity contribution >= 4 is 29.0 Å². The van der Waals surface area contributed by atoms with E-state index in [1.807, 2.05) is 30.5 Å². The second-order valence-electron chi connectivity index (χ2n) is 8.54. The van der Waals surface area contributed by atoms with E-state index in [0.29, 0.717) is 5.69 Å². The molecule has 9 heteroatoms. The van der Waals surface area contributed by atoms with E-state index in [1.54, 1.807) is 26.4 Å². The Bertz CT molecular complexity index is 1260. The SMILES string of the molecule is COc1cc2c(cc1OC)CN(CCc1ccc(NC(=O)c3cc(SC)ccc3[N+](=O)[O-])cc1)CC2. The lowest BCUT2D eigenvalue weighted by Crippen LogP contribution is -2.32. The molecule has 0 unspecified atom stereocenters. The first-order valence-corrected chi connectivity index (χ1v) is 12.8. The average molecular weight is 508 g/mol. The number of nitrogens with zero attached hydrogens (tertiary/aromatic N) is 2. The Hall–Kier alpha value is -3.56. The van der Waals surface area contributed by atoms with E-state index in [9.17, 15) is 14.9 Å². The van der Waals surface area contributed by atoms with Gasteiger partial charge < -0.3 is 14.8 Å². The Morgan fingerprint density at radius 3 is 2.39 bits per heavy atom. The van der Waals surface area contributed by atoms with Crippen molar-refractivity contribution in [3.8, 4) is 11.5 Å². The van der Waals surface area contributed by atoms with Crippen LogP contribution in [0.2, 0.25) is 0 Å². The molecule has 1 aliphatic rings. The van der Waals surface area contributed by atoms with Gasteiger partial charge >= 0.3 is 0 Å². The highest BCUT2D eigenvalue weighted by molar-refractivity contribution is 7.98. The van der Waals surface area contributed by atoms with Gasteiger partial charge in [0.1, 0.15) is 5.56 Å². The molecule has 36 heavy (non-hydrogen) atoms. The highest BCUT2D eigenvalue weighted by Crippen LogP contribution is 2.33. The molecule has 8 nitrogen and oxygen atoms in total. The number of nitro groups is 1. The third-order valence-electron chi connectivity index (χ3n) is 6.37. The molecule has 0 spiro atoms. The predicted octanol–water partition coefficient (Wildman–Crippen LogP) is 5.19. The number of ether oxygens (including phenoxy) is 2. The molecule has 0 saturated heterocycles. The van der Waals surface area contributed by atoms with Gasteiger partial charge in [-0.15, -0.1) is 11.8 Å². The summed E-state index contributed by atoms with van der Waals surface area (Å²) < 4.78 is 10.9. The minimum atomic E-state index is -0.534. The minimum absolute atomic E-state index is 0.0514. The van der Waals surface area contributed by atoms with Crippen LogP contribution < -0.4 is 14.8 Å². The molecule has 188 valence electrons. The lowest BCUT2D eigenvalue weighted by atomic mass is 9.98. The van der Waals surface area contributed by atoms with E-state index < -0.39 is 10.8 Å². The van der Waals surface area contributed by atoms with E-state index in [4.69, 9.17) is 9.47 Å². The molecule has 1 N–H and O–H groups in total. The predicted molar refractivity (Wildman–Crippen MR) is 142 cm³/mol. The number of methoxy groups -OCH3 is 2. The monoisotopic (exact) mass is 507 g/mol. The van der Waals surface area contributed by atoms with Gasteiger partial charge in [0.05, 0.1) is 19.1 Å². The number of fused-ring (bicyclic) bond motifs is 1. The molecular weight excluding hydrogens is 478 g/mol. The topological polar surface area (TPSA) is 93.9 Å². The van der Waals surface area contributed by atoms with Gasteiger partial charge in [-0.25, -0.2) is 0 Å². The third kappa shape index (κ3) is 5.80. The molecule has 0 aromatic heterocycles. The van der Waals surface area contributed by atoms with Crippen LogP contribution in [0.25, 0.3) is 0 Å². The van der Waals surface area contributed by atoms with Crippen molar-refractivity contribution in [2.24, 2.45) is 0 Å². The van der Waals surface area contributed by atoms with Gasteiger partial charge in [0, 0.05) is 36.3 Å². The zero-order valence-corrected chi connectivity index (χ0v) is 21.4. The van der Waals surface area contributed by atoms with Gasteiger partial charge in [-0.2, -0.15) is 0 Å². The summed E-state index contributed by atoms with van der Waals surface area (Å²) in [5, 5.41) is 14.1. The van der Waals surface area contributed by atoms with E-state index >= 15 is 0 Å². The van der Waals surface area contributed by atoms with Crippen LogP contribution in [0.3, 0.4) is 0 Å². The fourth-order valence-electron chi connectivity index (χ4n) is 4.36. The Morgan fingerprint density at radius 2 is 1.75 bits per heavy atom. The fraction of sp³-hybridized carbons (Fsp3) is 0.296. The molecule has 0 bridgehead atoms. The first kappa shape index (κ1) is 25.5. The smallest absolute Gasteiger partial charge is 0.282 e. The number of carbonyl (C=O) groups is 1. The number of thioether (sulfide) groups is 1. The number of nitrogens with one attached hydrogen (secondary N) is 1. The number of hydrogen-bond acceptors (Lipinski definition) is 7. The number of amides is 1. The Labute approximate surface area is 214 Å². The molecule has 0 atom stereocenters. The molecule has 0 fully saturated rings. The number of hydrogen-bond donors (Lipinski definition) is 1. The van der Waals surface area contributed by atoms with Crippen LogP contribution in [-0.4, -0.2) is 49.3 Å². The van der Waals surface area contributed by atoms with E-state index in [-0.39, 0.29) is 11.3 Å². The first-order valence-electron chi connectivity index (χ1n) is 11.6. The fourth-order valence-corrected chi connectivity index (χ4v) is 4.80. The van der Waals surface area contributed by atoms with Crippen molar-refractivity contribution in [1.82, 2.24) is 4.90 Å². The zero-order chi connectivity index (χ0) is 25.7. The van der Waals surface area contributed by atoms with Crippen LogP contribution in [0.5, 0.6) is 11.5 Å². The molecule has 0 aliphatic carbocycles. The number of carbonyl (C=O) groups excluding carboxylic acids is 1. The van der Waals surface area contributed by atoms with E-state index in [2.05, 4.69) is 22.3 Å². The lowest BCUT2D eigenvalue weighted by molar-refractivity contribution is -0.385. The van der Waals surface area contributed by atoms with E-state index in [1.165, 1.54) is 29.0 Å². The van der Waals surface area contributed by atoms with Crippen molar-refractivity contribution in [3.63, 3.8) is 0 Å². The molecule has 0 saturated carbocycles. The van der Waals surface area contributed by atoms with Crippen LogP contribution in [0.1, 0.15) is 27.0 Å². The van der Waals surface area contributed by atoms with Crippen molar-refractivity contribution in [2.75, 3.05) is 38.9 Å². The lowest BCUT2D eigenvalue weighted by Gasteiger charge is -2.29. The summed E-state index contributed by atoms with van der Waals surface area (Å²) in [6, 6.07) is 16.3. The summed E-state index contributed by atoms with van der Waals surface area (Å²) in [4.78, 5) is 26.8. The van der Waals surface area contributed by atoms with Crippen molar-refractivity contribution in [3.05, 3.63) is 87.0 Å². The number of nitro benzene ring substituents is 1. The largest absolute Gasteiger partial charge is 0.493 e. The average Bonchev–Trinajstić information content (AvgIpc) is 2.91. The van der Waals surface area contributed by atoms with Gasteiger partial charge in [-0.3, -0.25) is 19.8 Å². The van der Waals surface area contributed by atoms with Crippen LogP contribution in [-0.2, 0) is 19.4 Å². The second-order valence-corrected chi connectivity index (χ2v) is 9.42. The van der Waals surface area contributed by atoms with Crippen LogP contribution in [0, 0.1) is 10.1 Å². The maximum absolute atomic E-state index is 12.8. The Morgan fingerprint density at radius 1 is 1.06 bits per heavy atom. The van der Waals surface area contributed by atoms with Gasteiger partial charge in [0.15, 0.2) is 11.5 Å². The third-order valence-corrected chi connectivity index (χ3v) is 7.10. The van der Waals surface area contributed by atoms with Gasteiger partial charge in [0.2, 0.25) is 0 Å². The van der Waals surface area contributed by atoms with Crippen molar-refractivity contribution in [1.29, 1.82) is 0 Å². The maximum Gasteiger partial charge on any atom is 0.282 e. The second kappa shape index (κ2) is 11.5. The molecule has 0 radical (unpaired) electrons. The maximum atomic E-state index is 12.8. The normalized spacial score (nSPS) is 13.1. The summed E-state index contributed by atoms with van der Waals surface area (Å²) in [7, 11) is 3.31. The first-order chi connectivity index (χ1) is 17.4. The summed E-state index contributed by atoms with van der Waals surface area (Å²) in [5.41, 5.74) is 4.16. The Balaban J connectivity index is 1.36. The summed E-state index contributed by atoms with van der Waals surface area (Å²) in [6.07, 6.45) is 3.70. The van der Waals surface area contributed by atoms with Gasteiger partial charge in [0.25, 0.3) is 11.6 Å². The summed E-state index contributed by atoms with van der Waals surface area (Å²) in [5.74, 6) is 1.02. The van der Waals surface area contributed by atoms with Crippen LogP contribution >= 0.6 is 11.8 Å². The minimum Gasteiger partial charge on any atom is -0.493 e. The molecule has 3 aromatic rings. The standard InChI is InChI=1S/C27H29N3O5S/c1-34-25-14-19-11-13-29(17-20(19)15-26(25)35-2)12-10-18-4-6-21(7-5-18)28-27(31)23-16-22(36-3)8-9-24(23)30(32)33/h4-9,14-16H,10-13,17H2,1-3H3,(H,28,31). The molecule has 1 aliphatic heterocycles. The quantitative estimate of drug-likeness (QED) is 0.242. The zero-order valence-electron chi connectivity index (χ0n) is 20.6. The van der Waals surface area contributed by atoms with Crippen LogP contribution in [0.15, 0.2) is 59.5 Å². The van der Waals surface area contributed by atoms with Gasteiger partial charge in [-0.05, 0) is 72.2 Å². The molecule has 3 aromatic carbocycles. The van der Waals surface area contributed by atoms with Gasteiger partial charge in [-0.1, -0.05) is 12.1 Å². The number of benzene rings is 3. The molecule has 1 heterocycles. The van der Waals surface area contributed by atoms with Crippen molar-refractivity contribution in [2.45, 2.75) is 24.3 Å². The van der Waals surface area contributed by atoms with Crippen LogP contribution in [0.4, 0.5) is 11.4 Å². The number of rotatable bonds is 9. The Kier molecular flexibility index (Phi) is 8.12. The molecule has 1 amide bonds. The van der Waals surface area contributed by atoms with E-state index in [0.717, 1.165) is 54.4 Å².